The van der Waals surface area contributed by atoms with Gasteiger partial charge in [-0.2, -0.15) is 0 Å². The molecule has 1 aromatic carbocycles. The van der Waals surface area contributed by atoms with Crippen LogP contribution >= 0.6 is 34.5 Å². The van der Waals surface area contributed by atoms with Crippen LogP contribution in [-0.2, 0) is 0 Å². The zero-order valence-electron chi connectivity index (χ0n) is 12.0. The van der Waals surface area contributed by atoms with Crippen molar-refractivity contribution in [2.24, 2.45) is 0 Å². The number of benzene rings is 1. The van der Waals surface area contributed by atoms with E-state index in [1.165, 1.54) is 11.3 Å². The van der Waals surface area contributed by atoms with Gasteiger partial charge in [0.25, 0.3) is 5.91 Å². The topological polar surface area (TPSA) is 45.2 Å². The number of hydrogen-bond donors (Lipinski definition) is 1. The highest BCUT2D eigenvalue weighted by Gasteiger charge is 2.25. The molecule has 3 rings (SSSR count). The maximum Gasteiger partial charge on any atom is 0.273 e. The van der Waals surface area contributed by atoms with Gasteiger partial charge in [-0.3, -0.25) is 4.79 Å². The molecule has 4 nitrogen and oxygen atoms in total. The second-order valence-corrected chi connectivity index (χ2v) is 6.89. The highest BCUT2D eigenvalue weighted by molar-refractivity contribution is 7.13. The molecule has 2 heterocycles. The summed E-state index contributed by atoms with van der Waals surface area (Å²) in [4.78, 5) is 18.9. The van der Waals surface area contributed by atoms with Crippen LogP contribution in [-0.4, -0.2) is 41.5 Å². The standard InChI is InChI=1S/C15H15Cl2N3OS/c1-9-7-18-4-5-20(9)15(21)13-8-22-14(19-13)10-2-3-11(16)12(17)6-10/h2-3,6,8-9,18H,4-5,7H2,1H3/t9-/m0/s1. The van der Waals surface area contributed by atoms with E-state index >= 15 is 0 Å². The third-order valence-electron chi connectivity index (χ3n) is 3.65. The number of hydrogen-bond acceptors (Lipinski definition) is 4. The van der Waals surface area contributed by atoms with E-state index < -0.39 is 0 Å². The Bertz CT molecular complexity index is 704. The fourth-order valence-electron chi connectivity index (χ4n) is 2.42. The average molecular weight is 356 g/mol. The van der Waals surface area contributed by atoms with Gasteiger partial charge in [-0.15, -0.1) is 11.3 Å². The molecule has 116 valence electrons. The van der Waals surface area contributed by atoms with Gasteiger partial charge >= 0.3 is 0 Å². The predicted molar refractivity (Wildman–Crippen MR) is 90.9 cm³/mol. The molecule has 2 aromatic rings. The molecule has 1 amide bonds. The SMILES string of the molecule is C[C@H]1CNCCN1C(=O)c1csc(-c2ccc(Cl)c(Cl)c2)n1. The summed E-state index contributed by atoms with van der Waals surface area (Å²) in [7, 11) is 0. The Balaban J connectivity index is 1.83. The fraction of sp³-hybridized carbons (Fsp3) is 0.333. The molecule has 1 saturated heterocycles. The van der Waals surface area contributed by atoms with Crippen molar-refractivity contribution in [1.29, 1.82) is 0 Å². The third-order valence-corrected chi connectivity index (χ3v) is 5.28. The van der Waals surface area contributed by atoms with Crippen molar-refractivity contribution in [2.75, 3.05) is 19.6 Å². The number of amides is 1. The number of piperazine rings is 1. The Labute approximate surface area is 143 Å². The largest absolute Gasteiger partial charge is 0.332 e. The summed E-state index contributed by atoms with van der Waals surface area (Å²) in [6.07, 6.45) is 0. The van der Waals surface area contributed by atoms with Gasteiger partial charge in [-0.1, -0.05) is 29.3 Å². The van der Waals surface area contributed by atoms with E-state index in [1.54, 1.807) is 17.5 Å². The summed E-state index contributed by atoms with van der Waals surface area (Å²) < 4.78 is 0. The average Bonchev–Trinajstić information content (AvgIpc) is 3.00. The van der Waals surface area contributed by atoms with Crippen LogP contribution in [0.4, 0.5) is 0 Å². The van der Waals surface area contributed by atoms with Gasteiger partial charge in [0.05, 0.1) is 10.0 Å². The molecule has 1 N–H and O–H groups in total. The molecule has 1 aliphatic heterocycles. The third kappa shape index (κ3) is 3.13. The first kappa shape index (κ1) is 15.7. The van der Waals surface area contributed by atoms with E-state index in [-0.39, 0.29) is 11.9 Å². The quantitative estimate of drug-likeness (QED) is 0.895. The van der Waals surface area contributed by atoms with Crippen LogP contribution in [0.25, 0.3) is 10.6 Å². The second kappa shape index (κ2) is 6.54. The van der Waals surface area contributed by atoms with Crippen molar-refractivity contribution in [2.45, 2.75) is 13.0 Å². The van der Waals surface area contributed by atoms with Gasteiger partial charge in [0.1, 0.15) is 10.7 Å². The number of halogens is 2. The van der Waals surface area contributed by atoms with Crippen molar-refractivity contribution in [1.82, 2.24) is 15.2 Å². The summed E-state index contributed by atoms with van der Waals surface area (Å²) in [5, 5.41) is 6.83. The van der Waals surface area contributed by atoms with Gasteiger partial charge in [-0.25, -0.2) is 4.98 Å². The number of aromatic nitrogens is 1. The minimum Gasteiger partial charge on any atom is -0.332 e. The van der Waals surface area contributed by atoms with Crippen LogP contribution in [0.2, 0.25) is 10.0 Å². The molecule has 7 heteroatoms. The minimum absolute atomic E-state index is 0.0171. The van der Waals surface area contributed by atoms with Gasteiger partial charge in [0.15, 0.2) is 0 Å². The molecule has 0 bridgehead atoms. The Morgan fingerprint density at radius 2 is 2.23 bits per heavy atom. The Kier molecular flexibility index (Phi) is 4.68. The number of carbonyl (C=O) groups is 1. The molecule has 0 aliphatic carbocycles. The Hall–Kier alpha value is -1.14. The molecule has 0 saturated carbocycles. The van der Waals surface area contributed by atoms with Gasteiger partial charge < -0.3 is 10.2 Å². The summed E-state index contributed by atoms with van der Waals surface area (Å²) >= 11 is 13.4. The molecule has 1 fully saturated rings. The first-order valence-electron chi connectivity index (χ1n) is 6.99. The van der Waals surface area contributed by atoms with Crippen LogP contribution in [0.5, 0.6) is 0 Å². The summed E-state index contributed by atoms with van der Waals surface area (Å²) in [5.41, 5.74) is 1.35. The zero-order chi connectivity index (χ0) is 15.7. The van der Waals surface area contributed by atoms with Crippen LogP contribution in [0.1, 0.15) is 17.4 Å². The maximum absolute atomic E-state index is 12.6. The molecular formula is C15H15Cl2N3OS. The zero-order valence-corrected chi connectivity index (χ0v) is 14.3. The van der Waals surface area contributed by atoms with Crippen molar-refractivity contribution >= 4 is 40.4 Å². The first-order valence-corrected chi connectivity index (χ1v) is 8.62. The van der Waals surface area contributed by atoms with Crippen molar-refractivity contribution in [3.63, 3.8) is 0 Å². The van der Waals surface area contributed by atoms with E-state index in [4.69, 9.17) is 23.2 Å². The normalized spacial score (nSPS) is 18.5. The highest BCUT2D eigenvalue weighted by Crippen LogP contribution is 2.30. The van der Waals surface area contributed by atoms with E-state index in [0.717, 1.165) is 23.7 Å². The van der Waals surface area contributed by atoms with E-state index in [2.05, 4.69) is 10.3 Å². The molecule has 1 aliphatic rings. The van der Waals surface area contributed by atoms with Crippen LogP contribution in [0.3, 0.4) is 0 Å². The van der Waals surface area contributed by atoms with Crippen LogP contribution < -0.4 is 5.32 Å². The van der Waals surface area contributed by atoms with Crippen molar-refractivity contribution < 1.29 is 4.79 Å². The molecule has 1 aromatic heterocycles. The minimum atomic E-state index is -0.0171. The number of thiazole rings is 1. The number of carbonyl (C=O) groups excluding carboxylic acids is 1. The smallest absolute Gasteiger partial charge is 0.273 e. The molecule has 0 spiro atoms. The first-order chi connectivity index (χ1) is 10.6. The summed E-state index contributed by atoms with van der Waals surface area (Å²) in [6, 6.07) is 5.54. The van der Waals surface area contributed by atoms with Gasteiger partial charge in [-0.05, 0) is 19.1 Å². The maximum atomic E-state index is 12.6. The Morgan fingerprint density at radius 1 is 1.41 bits per heavy atom. The molecule has 1 atom stereocenters. The predicted octanol–water partition coefficient (Wildman–Crippen LogP) is 3.55. The van der Waals surface area contributed by atoms with Gasteiger partial charge in [0, 0.05) is 36.6 Å². The lowest BCUT2D eigenvalue weighted by molar-refractivity contribution is 0.0650. The van der Waals surface area contributed by atoms with Crippen molar-refractivity contribution in [3.8, 4) is 10.6 Å². The second-order valence-electron chi connectivity index (χ2n) is 5.22. The molecule has 0 radical (unpaired) electrons. The van der Waals surface area contributed by atoms with E-state index in [9.17, 15) is 4.79 Å². The lowest BCUT2D eigenvalue weighted by atomic mass is 10.2. The molecule has 22 heavy (non-hydrogen) atoms. The number of nitrogens with one attached hydrogen (secondary N) is 1. The number of rotatable bonds is 2. The number of nitrogens with zero attached hydrogens (tertiary/aromatic N) is 2. The van der Waals surface area contributed by atoms with Crippen LogP contribution in [0.15, 0.2) is 23.6 Å². The van der Waals surface area contributed by atoms with Crippen LogP contribution in [0, 0.1) is 0 Å². The summed E-state index contributed by atoms with van der Waals surface area (Å²) in [5.74, 6) is -0.0171. The lowest BCUT2D eigenvalue weighted by Crippen LogP contribution is -2.52. The molecular weight excluding hydrogens is 341 g/mol. The molecule has 0 unspecified atom stereocenters. The van der Waals surface area contributed by atoms with Gasteiger partial charge in [0.2, 0.25) is 0 Å². The van der Waals surface area contributed by atoms with Crippen molar-refractivity contribution in [3.05, 3.63) is 39.3 Å². The van der Waals surface area contributed by atoms with E-state index in [1.807, 2.05) is 17.9 Å². The van der Waals surface area contributed by atoms with E-state index in [0.29, 0.717) is 22.3 Å². The Morgan fingerprint density at radius 3 is 2.95 bits per heavy atom. The summed E-state index contributed by atoms with van der Waals surface area (Å²) in [6.45, 7) is 4.38. The highest BCUT2D eigenvalue weighted by atomic mass is 35.5. The lowest BCUT2D eigenvalue weighted by Gasteiger charge is -2.33. The monoisotopic (exact) mass is 355 g/mol. The fourth-order valence-corrected chi connectivity index (χ4v) is 3.51.